The number of carbonyl (C=O) groups excluding carboxylic acids is 1. The van der Waals surface area contributed by atoms with E-state index in [-0.39, 0.29) is 5.97 Å². The zero-order valence-electron chi connectivity index (χ0n) is 19.7. The highest BCUT2D eigenvalue weighted by atomic mass is 79.9. The first kappa shape index (κ1) is 27.4. The molecule has 0 spiro atoms. The molecule has 0 radical (unpaired) electrons. The van der Waals surface area contributed by atoms with E-state index in [9.17, 15) is 4.79 Å². The lowest BCUT2D eigenvalue weighted by Gasteiger charge is -2.10. The second-order valence-corrected chi connectivity index (χ2v) is 9.48. The quantitative estimate of drug-likeness (QED) is 0.161. The molecule has 0 saturated heterocycles. The summed E-state index contributed by atoms with van der Waals surface area (Å²) in [5.41, 5.74) is 4.28. The van der Waals surface area contributed by atoms with E-state index in [1.807, 2.05) is 0 Å². The van der Waals surface area contributed by atoms with Crippen LogP contribution < -0.4 is 0 Å². The second kappa shape index (κ2) is 18.0. The summed E-state index contributed by atoms with van der Waals surface area (Å²) in [6.07, 6.45) is 12.6. The van der Waals surface area contributed by atoms with Gasteiger partial charge in [-0.2, -0.15) is 0 Å². The average Bonchev–Trinajstić information content (AvgIpc) is 2.80. The van der Waals surface area contributed by atoms with Gasteiger partial charge in [-0.15, -0.1) is 0 Å². The van der Waals surface area contributed by atoms with Crippen molar-refractivity contribution in [3.8, 4) is 0 Å². The van der Waals surface area contributed by atoms with E-state index in [0.717, 1.165) is 32.1 Å². The van der Waals surface area contributed by atoms with Crippen molar-refractivity contribution < 1.29 is 9.53 Å². The zero-order valence-corrected chi connectivity index (χ0v) is 21.3. The lowest BCUT2D eigenvalue weighted by atomic mass is 10.0. The van der Waals surface area contributed by atoms with Gasteiger partial charge in [-0.3, -0.25) is 4.79 Å². The van der Waals surface area contributed by atoms with Crippen molar-refractivity contribution in [1.82, 2.24) is 0 Å². The van der Waals surface area contributed by atoms with Gasteiger partial charge >= 0.3 is 5.97 Å². The summed E-state index contributed by atoms with van der Waals surface area (Å²) in [6, 6.07) is 19.3. The zero-order chi connectivity index (χ0) is 22.7. The maximum Gasteiger partial charge on any atom is 0.305 e. The summed E-state index contributed by atoms with van der Waals surface area (Å²) < 4.78 is 4.63. The van der Waals surface area contributed by atoms with Gasteiger partial charge in [-0.05, 0) is 62.1 Å². The number of halogens is 1. The van der Waals surface area contributed by atoms with Crippen LogP contribution in [-0.4, -0.2) is 17.9 Å². The number of aryl methyl sites for hydroxylation is 3. The molecule has 0 aliphatic rings. The van der Waals surface area contributed by atoms with Crippen LogP contribution in [0, 0.1) is 6.92 Å². The van der Waals surface area contributed by atoms with E-state index < -0.39 is 0 Å². The number of benzene rings is 2. The Labute approximate surface area is 198 Å². The molecule has 31 heavy (non-hydrogen) atoms. The Morgan fingerprint density at radius 2 is 1.58 bits per heavy atom. The highest BCUT2D eigenvalue weighted by molar-refractivity contribution is 9.09. The summed E-state index contributed by atoms with van der Waals surface area (Å²) in [4.78, 5) is 11.5. The fraction of sp³-hybridized carbons (Fsp3) is 0.536. The van der Waals surface area contributed by atoms with Gasteiger partial charge in [0.2, 0.25) is 0 Å². The maximum atomic E-state index is 11.0. The first-order valence-electron chi connectivity index (χ1n) is 11.9. The summed E-state index contributed by atoms with van der Waals surface area (Å²) in [6.45, 7) is 4.41. The monoisotopic (exact) mass is 488 g/mol. The molecule has 0 amide bonds. The van der Waals surface area contributed by atoms with Crippen molar-refractivity contribution in [2.24, 2.45) is 0 Å². The van der Waals surface area contributed by atoms with Gasteiger partial charge in [0, 0.05) is 11.2 Å². The first-order chi connectivity index (χ1) is 15.1. The van der Waals surface area contributed by atoms with Gasteiger partial charge in [0.25, 0.3) is 0 Å². The van der Waals surface area contributed by atoms with Gasteiger partial charge < -0.3 is 4.74 Å². The van der Waals surface area contributed by atoms with Crippen molar-refractivity contribution >= 4 is 21.9 Å². The predicted molar refractivity (Wildman–Crippen MR) is 137 cm³/mol. The summed E-state index contributed by atoms with van der Waals surface area (Å²) in [7, 11) is 1.44. The topological polar surface area (TPSA) is 26.3 Å². The SMILES string of the molecule is CCCCCCc1ccccc1.COC(=O)CCCCC(Br)CCc1ccccc1C. The highest BCUT2D eigenvalue weighted by Crippen LogP contribution is 2.19. The van der Waals surface area contributed by atoms with Gasteiger partial charge in [-0.25, -0.2) is 0 Å². The number of methoxy groups -OCH3 is 1. The molecular weight excluding hydrogens is 448 g/mol. The van der Waals surface area contributed by atoms with E-state index in [1.54, 1.807) is 0 Å². The summed E-state index contributed by atoms with van der Waals surface area (Å²) in [5.74, 6) is -0.106. The fourth-order valence-electron chi connectivity index (χ4n) is 3.48. The molecule has 2 nitrogen and oxygen atoms in total. The number of hydrogen-bond donors (Lipinski definition) is 0. The normalized spacial score (nSPS) is 11.4. The molecule has 0 N–H and O–H groups in total. The lowest BCUT2D eigenvalue weighted by Crippen LogP contribution is -2.03. The third-order valence-corrected chi connectivity index (χ3v) is 6.44. The van der Waals surface area contributed by atoms with Crippen molar-refractivity contribution in [2.45, 2.75) is 89.3 Å². The molecule has 1 atom stereocenters. The Morgan fingerprint density at radius 3 is 2.26 bits per heavy atom. The van der Waals surface area contributed by atoms with Gasteiger partial charge in [0.05, 0.1) is 7.11 Å². The van der Waals surface area contributed by atoms with E-state index >= 15 is 0 Å². The minimum atomic E-state index is -0.106. The van der Waals surface area contributed by atoms with E-state index in [4.69, 9.17) is 0 Å². The smallest absolute Gasteiger partial charge is 0.305 e. The van der Waals surface area contributed by atoms with Crippen LogP contribution in [0.25, 0.3) is 0 Å². The van der Waals surface area contributed by atoms with E-state index in [2.05, 4.69) is 89.1 Å². The molecule has 0 fully saturated rings. The molecule has 0 aliphatic carbocycles. The van der Waals surface area contributed by atoms with Gasteiger partial charge in [0.1, 0.15) is 0 Å². The number of rotatable bonds is 13. The molecule has 0 heterocycles. The average molecular weight is 490 g/mol. The number of alkyl halides is 1. The standard InChI is InChI=1S/C16H23BrO2.C12H18/c1-13-7-3-4-8-14(13)11-12-15(17)9-5-6-10-16(18)19-2;1-2-3-4-6-9-12-10-7-5-8-11-12/h3-4,7-8,15H,5-6,9-12H2,1-2H3;5,7-8,10-11H,2-4,6,9H2,1H3. The number of unbranched alkanes of at least 4 members (excludes halogenated alkanes) is 4. The largest absolute Gasteiger partial charge is 0.469 e. The Balaban J connectivity index is 0.000000343. The molecule has 172 valence electrons. The van der Waals surface area contributed by atoms with Crippen LogP contribution in [0.2, 0.25) is 0 Å². The van der Waals surface area contributed by atoms with Crippen molar-refractivity contribution in [2.75, 3.05) is 7.11 Å². The van der Waals surface area contributed by atoms with Crippen LogP contribution >= 0.6 is 15.9 Å². The fourth-order valence-corrected chi connectivity index (χ4v) is 4.04. The molecule has 2 rings (SSSR count). The third-order valence-electron chi connectivity index (χ3n) is 5.53. The first-order valence-corrected chi connectivity index (χ1v) is 12.8. The van der Waals surface area contributed by atoms with Crippen LogP contribution in [0.4, 0.5) is 0 Å². The Kier molecular flexibility index (Phi) is 15.9. The van der Waals surface area contributed by atoms with Crippen LogP contribution in [0.3, 0.4) is 0 Å². The molecule has 0 bridgehead atoms. The molecule has 0 aliphatic heterocycles. The lowest BCUT2D eigenvalue weighted by molar-refractivity contribution is -0.140. The molecule has 0 saturated carbocycles. The molecule has 2 aromatic rings. The Morgan fingerprint density at radius 1 is 0.871 bits per heavy atom. The third kappa shape index (κ3) is 14.1. The summed E-state index contributed by atoms with van der Waals surface area (Å²) >= 11 is 3.73. The summed E-state index contributed by atoms with van der Waals surface area (Å²) in [5, 5.41) is 0. The van der Waals surface area contributed by atoms with E-state index in [1.165, 1.54) is 55.9 Å². The maximum absolute atomic E-state index is 11.0. The van der Waals surface area contributed by atoms with Crippen LogP contribution in [0.1, 0.15) is 81.4 Å². The van der Waals surface area contributed by atoms with Gasteiger partial charge in [-0.1, -0.05) is 103 Å². The molecular formula is C28H41BrO2. The van der Waals surface area contributed by atoms with Crippen molar-refractivity contribution in [3.05, 3.63) is 71.3 Å². The second-order valence-electron chi connectivity index (χ2n) is 8.18. The Bertz CT molecular complexity index is 699. The number of ether oxygens (including phenoxy) is 1. The van der Waals surface area contributed by atoms with Crippen LogP contribution in [0.15, 0.2) is 54.6 Å². The molecule has 1 unspecified atom stereocenters. The van der Waals surface area contributed by atoms with Crippen LogP contribution in [0.5, 0.6) is 0 Å². The van der Waals surface area contributed by atoms with Crippen LogP contribution in [-0.2, 0) is 22.4 Å². The minimum absolute atomic E-state index is 0.106. The van der Waals surface area contributed by atoms with Crippen molar-refractivity contribution in [3.63, 3.8) is 0 Å². The Hall–Kier alpha value is -1.61. The molecule has 0 aromatic heterocycles. The molecule has 3 heteroatoms. The van der Waals surface area contributed by atoms with Gasteiger partial charge in [0.15, 0.2) is 0 Å². The minimum Gasteiger partial charge on any atom is -0.469 e. The predicted octanol–water partition coefficient (Wildman–Crippen LogP) is 8.23. The number of esters is 1. The van der Waals surface area contributed by atoms with E-state index in [0.29, 0.717) is 11.2 Å². The highest BCUT2D eigenvalue weighted by Gasteiger charge is 2.07. The number of hydrogen-bond acceptors (Lipinski definition) is 2. The number of carbonyl (C=O) groups is 1. The van der Waals surface area contributed by atoms with Crippen molar-refractivity contribution in [1.29, 1.82) is 0 Å². The molecule has 2 aromatic carbocycles.